The molecule has 0 aliphatic rings. The van der Waals surface area contributed by atoms with Gasteiger partial charge in [0.2, 0.25) is 5.82 Å². The number of aromatic nitrogens is 2. The number of carbonyl (C=O) groups is 1. The Labute approximate surface area is 91.2 Å². The molecule has 15 heavy (non-hydrogen) atoms. The van der Waals surface area contributed by atoms with Gasteiger partial charge in [-0.15, -0.1) is 11.6 Å². The first kappa shape index (κ1) is 9.98. The lowest BCUT2D eigenvalue weighted by Gasteiger charge is -1.92. The Morgan fingerprint density at radius 1 is 1.60 bits per heavy atom. The number of halogens is 1. The molecule has 0 radical (unpaired) electrons. The number of nitrogens with zero attached hydrogens (tertiary/aromatic N) is 1. The SMILES string of the molecule is COC(=O)c1nc2ccc(CCl)cc2[nH]1. The first-order valence-corrected chi connectivity index (χ1v) is 4.91. The van der Waals surface area contributed by atoms with Crippen molar-refractivity contribution in [1.82, 2.24) is 9.97 Å². The van der Waals surface area contributed by atoms with E-state index in [-0.39, 0.29) is 5.82 Å². The Balaban J connectivity index is 2.51. The van der Waals surface area contributed by atoms with Crippen LogP contribution in [0, 0.1) is 0 Å². The molecular weight excluding hydrogens is 216 g/mol. The molecule has 0 atom stereocenters. The zero-order valence-electron chi connectivity index (χ0n) is 8.08. The van der Waals surface area contributed by atoms with E-state index in [1.807, 2.05) is 18.2 Å². The molecule has 0 bridgehead atoms. The average molecular weight is 225 g/mol. The average Bonchev–Trinajstić information content (AvgIpc) is 2.70. The maximum atomic E-state index is 11.2. The minimum Gasteiger partial charge on any atom is -0.463 e. The van der Waals surface area contributed by atoms with Crippen LogP contribution in [0.2, 0.25) is 0 Å². The number of H-pyrrole nitrogens is 1. The molecule has 0 saturated carbocycles. The highest BCUT2D eigenvalue weighted by Crippen LogP contribution is 2.15. The smallest absolute Gasteiger partial charge is 0.374 e. The molecule has 0 saturated heterocycles. The quantitative estimate of drug-likeness (QED) is 0.628. The van der Waals surface area contributed by atoms with Gasteiger partial charge in [-0.1, -0.05) is 6.07 Å². The Kier molecular flexibility index (Phi) is 2.60. The molecule has 1 heterocycles. The minimum atomic E-state index is -0.473. The molecule has 0 aliphatic carbocycles. The van der Waals surface area contributed by atoms with Crippen molar-refractivity contribution in [2.45, 2.75) is 5.88 Å². The molecule has 5 heteroatoms. The highest BCUT2D eigenvalue weighted by molar-refractivity contribution is 6.17. The fraction of sp³-hybridized carbons (Fsp3) is 0.200. The summed E-state index contributed by atoms with van der Waals surface area (Å²) in [6, 6.07) is 5.55. The number of hydrogen-bond acceptors (Lipinski definition) is 3. The van der Waals surface area contributed by atoms with Gasteiger partial charge < -0.3 is 9.72 Å². The van der Waals surface area contributed by atoms with Gasteiger partial charge in [-0.2, -0.15) is 0 Å². The molecule has 0 aliphatic heterocycles. The van der Waals surface area contributed by atoms with Gasteiger partial charge in [0.1, 0.15) is 0 Å². The van der Waals surface area contributed by atoms with Crippen molar-refractivity contribution in [1.29, 1.82) is 0 Å². The predicted molar refractivity (Wildman–Crippen MR) is 57.0 cm³/mol. The summed E-state index contributed by atoms with van der Waals surface area (Å²) in [4.78, 5) is 18.2. The predicted octanol–water partition coefficient (Wildman–Crippen LogP) is 2.09. The van der Waals surface area contributed by atoms with Gasteiger partial charge in [-0.3, -0.25) is 0 Å². The number of hydrogen-bond donors (Lipinski definition) is 1. The van der Waals surface area contributed by atoms with Crippen LogP contribution in [-0.4, -0.2) is 23.0 Å². The molecule has 0 amide bonds. The summed E-state index contributed by atoms with van der Waals surface area (Å²) >= 11 is 5.70. The maximum absolute atomic E-state index is 11.2. The van der Waals surface area contributed by atoms with E-state index in [4.69, 9.17) is 11.6 Å². The van der Waals surface area contributed by atoms with E-state index in [0.717, 1.165) is 16.6 Å². The number of benzene rings is 1. The van der Waals surface area contributed by atoms with Crippen molar-refractivity contribution in [3.8, 4) is 0 Å². The van der Waals surface area contributed by atoms with E-state index >= 15 is 0 Å². The van der Waals surface area contributed by atoms with Gasteiger partial charge in [-0.25, -0.2) is 9.78 Å². The van der Waals surface area contributed by atoms with Crippen LogP contribution in [0.1, 0.15) is 16.2 Å². The standard InChI is InChI=1S/C10H9ClN2O2/c1-15-10(14)9-12-7-3-2-6(5-11)4-8(7)13-9/h2-4H,5H2,1H3,(H,12,13). The van der Waals surface area contributed by atoms with Crippen LogP contribution in [0.15, 0.2) is 18.2 Å². The first-order valence-electron chi connectivity index (χ1n) is 4.37. The fourth-order valence-corrected chi connectivity index (χ4v) is 1.50. The number of esters is 1. The van der Waals surface area contributed by atoms with E-state index in [2.05, 4.69) is 14.7 Å². The lowest BCUT2D eigenvalue weighted by Crippen LogP contribution is -2.02. The van der Waals surface area contributed by atoms with Crippen LogP contribution in [0.25, 0.3) is 11.0 Å². The molecule has 0 fully saturated rings. The summed E-state index contributed by atoms with van der Waals surface area (Å²) < 4.78 is 4.56. The first-order chi connectivity index (χ1) is 7.24. The van der Waals surface area contributed by atoms with Gasteiger partial charge in [0, 0.05) is 5.88 Å². The maximum Gasteiger partial charge on any atom is 0.374 e. The second-order valence-electron chi connectivity index (χ2n) is 3.06. The number of methoxy groups -OCH3 is 1. The summed E-state index contributed by atoms with van der Waals surface area (Å²) in [5, 5.41) is 0. The van der Waals surface area contributed by atoms with Gasteiger partial charge in [0.25, 0.3) is 0 Å². The van der Waals surface area contributed by atoms with Crippen molar-refractivity contribution >= 4 is 28.6 Å². The van der Waals surface area contributed by atoms with Crippen LogP contribution in [0.3, 0.4) is 0 Å². The molecule has 1 aromatic carbocycles. The van der Waals surface area contributed by atoms with E-state index in [1.165, 1.54) is 7.11 Å². The largest absolute Gasteiger partial charge is 0.463 e. The number of aromatic amines is 1. The molecule has 0 spiro atoms. The number of fused-ring (bicyclic) bond motifs is 1. The van der Waals surface area contributed by atoms with Crippen LogP contribution in [0.4, 0.5) is 0 Å². The van der Waals surface area contributed by atoms with E-state index < -0.39 is 5.97 Å². The monoisotopic (exact) mass is 224 g/mol. The number of nitrogens with one attached hydrogen (secondary N) is 1. The Hall–Kier alpha value is -1.55. The third-order valence-electron chi connectivity index (χ3n) is 2.08. The summed E-state index contributed by atoms with van der Waals surface area (Å²) in [5.41, 5.74) is 2.49. The number of carbonyl (C=O) groups excluding carboxylic acids is 1. The van der Waals surface area contributed by atoms with Crippen LogP contribution in [-0.2, 0) is 10.6 Å². The number of imidazole rings is 1. The highest BCUT2D eigenvalue weighted by atomic mass is 35.5. The number of alkyl halides is 1. The fourth-order valence-electron chi connectivity index (χ4n) is 1.33. The van der Waals surface area contributed by atoms with E-state index in [9.17, 15) is 4.79 Å². The zero-order valence-corrected chi connectivity index (χ0v) is 8.84. The van der Waals surface area contributed by atoms with E-state index in [1.54, 1.807) is 0 Å². The van der Waals surface area contributed by atoms with Crippen LogP contribution >= 0.6 is 11.6 Å². The summed E-state index contributed by atoms with van der Waals surface area (Å²) in [7, 11) is 1.32. The topological polar surface area (TPSA) is 55.0 Å². The van der Waals surface area contributed by atoms with Crippen molar-refractivity contribution in [2.75, 3.05) is 7.11 Å². The molecule has 2 rings (SSSR count). The van der Waals surface area contributed by atoms with Gasteiger partial charge in [-0.05, 0) is 17.7 Å². The Bertz CT molecular complexity index is 507. The van der Waals surface area contributed by atoms with Gasteiger partial charge in [0.05, 0.1) is 18.1 Å². The summed E-state index contributed by atoms with van der Waals surface area (Å²) in [5.74, 6) is 0.167. The number of ether oxygens (including phenoxy) is 1. The molecule has 78 valence electrons. The Morgan fingerprint density at radius 2 is 2.40 bits per heavy atom. The van der Waals surface area contributed by atoms with Gasteiger partial charge in [0.15, 0.2) is 0 Å². The zero-order chi connectivity index (χ0) is 10.8. The summed E-state index contributed by atoms with van der Waals surface area (Å²) in [6.45, 7) is 0. The van der Waals surface area contributed by atoms with Gasteiger partial charge >= 0.3 is 5.97 Å². The van der Waals surface area contributed by atoms with Crippen molar-refractivity contribution in [3.63, 3.8) is 0 Å². The van der Waals surface area contributed by atoms with Crippen LogP contribution < -0.4 is 0 Å². The molecular formula is C10H9ClN2O2. The summed E-state index contributed by atoms with van der Waals surface area (Å²) in [6.07, 6.45) is 0. The van der Waals surface area contributed by atoms with Crippen molar-refractivity contribution < 1.29 is 9.53 Å². The van der Waals surface area contributed by atoms with E-state index in [0.29, 0.717) is 5.88 Å². The third kappa shape index (κ3) is 1.80. The lowest BCUT2D eigenvalue weighted by molar-refractivity contribution is 0.0588. The number of rotatable bonds is 2. The Morgan fingerprint density at radius 3 is 3.07 bits per heavy atom. The normalized spacial score (nSPS) is 10.5. The van der Waals surface area contributed by atoms with Crippen molar-refractivity contribution in [3.05, 3.63) is 29.6 Å². The minimum absolute atomic E-state index is 0.208. The second-order valence-corrected chi connectivity index (χ2v) is 3.33. The molecule has 2 aromatic rings. The lowest BCUT2D eigenvalue weighted by atomic mass is 10.2. The molecule has 1 aromatic heterocycles. The molecule has 4 nitrogen and oxygen atoms in total. The third-order valence-corrected chi connectivity index (χ3v) is 2.39. The molecule has 1 N–H and O–H groups in total. The molecule has 0 unspecified atom stereocenters. The van der Waals surface area contributed by atoms with Crippen molar-refractivity contribution in [2.24, 2.45) is 0 Å². The van der Waals surface area contributed by atoms with Crippen LogP contribution in [0.5, 0.6) is 0 Å². The second kappa shape index (κ2) is 3.90. The highest BCUT2D eigenvalue weighted by Gasteiger charge is 2.11.